The van der Waals surface area contributed by atoms with Gasteiger partial charge < -0.3 is 9.32 Å². The maximum atomic E-state index is 15.1. The lowest BCUT2D eigenvalue weighted by molar-refractivity contribution is -0.121. The van der Waals surface area contributed by atoms with E-state index >= 15 is 4.79 Å². The van der Waals surface area contributed by atoms with E-state index in [1.165, 1.54) is 40.9 Å². The molecule has 8 nitrogen and oxygen atoms in total. The average Bonchev–Trinajstić information content (AvgIpc) is 3.70. The third kappa shape index (κ3) is 4.60. The van der Waals surface area contributed by atoms with Crippen LogP contribution < -0.4 is 15.2 Å². The van der Waals surface area contributed by atoms with E-state index in [2.05, 4.69) is 10.2 Å². The van der Waals surface area contributed by atoms with E-state index in [-0.39, 0.29) is 39.8 Å². The summed E-state index contributed by atoms with van der Waals surface area (Å²) >= 11 is 8.78. The minimum atomic E-state index is -1.91. The fraction of sp³-hybridized carbons (Fsp3) is 0.114. The Morgan fingerprint density at radius 2 is 1.74 bits per heavy atom. The van der Waals surface area contributed by atoms with Crippen LogP contribution in [-0.4, -0.2) is 22.0 Å². The summed E-state index contributed by atoms with van der Waals surface area (Å²) in [5, 5.41) is 9.29. The zero-order valence-electron chi connectivity index (χ0n) is 24.6. The molecular weight excluding hydrogens is 659 g/mol. The molecule has 0 fully saturated rings. The molecule has 0 radical (unpaired) electrons. The summed E-state index contributed by atoms with van der Waals surface area (Å²) in [6, 6.07) is 25.7. The van der Waals surface area contributed by atoms with Crippen molar-refractivity contribution in [2.75, 3.05) is 9.80 Å². The molecular formula is C35H22ClFN4O4S2. The van der Waals surface area contributed by atoms with Crippen LogP contribution in [0.4, 0.5) is 15.2 Å². The Morgan fingerprint density at radius 3 is 2.55 bits per heavy atom. The molecule has 2 aliphatic heterocycles. The average molecular weight is 681 g/mol. The van der Waals surface area contributed by atoms with Gasteiger partial charge >= 0.3 is 0 Å². The number of halogens is 2. The number of amides is 2. The van der Waals surface area contributed by atoms with Crippen molar-refractivity contribution in [3.05, 3.63) is 146 Å². The highest BCUT2D eigenvalue weighted by Gasteiger charge is 2.66. The molecule has 8 rings (SSSR count). The lowest BCUT2D eigenvalue weighted by Gasteiger charge is -2.32. The van der Waals surface area contributed by atoms with Crippen LogP contribution in [0, 0.1) is 12.7 Å². The second kappa shape index (κ2) is 11.2. The van der Waals surface area contributed by atoms with Crippen LogP contribution >= 0.6 is 34.7 Å². The molecule has 0 saturated carbocycles. The van der Waals surface area contributed by atoms with Gasteiger partial charge in [-0.15, -0.1) is 10.2 Å². The van der Waals surface area contributed by atoms with Crippen molar-refractivity contribution >= 4 is 68.3 Å². The number of fused-ring (bicyclic) bond motifs is 5. The van der Waals surface area contributed by atoms with Gasteiger partial charge in [-0.3, -0.25) is 19.3 Å². The maximum absolute atomic E-state index is 15.1. The molecule has 4 heterocycles. The molecule has 0 saturated heterocycles. The smallest absolute Gasteiger partial charge is 0.297 e. The van der Waals surface area contributed by atoms with E-state index in [4.69, 9.17) is 16.0 Å². The van der Waals surface area contributed by atoms with Crippen LogP contribution in [-0.2, 0) is 22.6 Å². The van der Waals surface area contributed by atoms with Crippen LogP contribution in [0.2, 0.25) is 5.02 Å². The first-order valence-corrected chi connectivity index (χ1v) is 16.7. The molecule has 0 aliphatic carbocycles. The number of rotatable bonds is 6. The van der Waals surface area contributed by atoms with E-state index in [1.807, 2.05) is 43.3 Å². The van der Waals surface area contributed by atoms with Crippen molar-refractivity contribution in [2.45, 2.75) is 29.1 Å². The summed E-state index contributed by atoms with van der Waals surface area (Å²) in [7, 11) is 0. The van der Waals surface area contributed by atoms with Crippen LogP contribution in [0.15, 0.2) is 105 Å². The number of para-hydroxylation sites is 1. The van der Waals surface area contributed by atoms with Crippen molar-refractivity contribution in [3.8, 4) is 0 Å². The molecule has 4 aromatic carbocycles. The van der Waals surface area contributed by atoms with Crippen molar-refractivity contribution < 1.29 is 18.4 Å². The quantitative estimate of drug-likeness (QED) is 0.133. The van der Waals surface area contributed by atoms with E-state index < -0.39 is 22.8 Å². The van der Waals surface area contributed by atoms with Crippen LogP contribution in [0.25, 0.3) is 11.0 Å². The summed E-state index contributed by atoms with van der Waals surface area (Å²) < 4.78 is 20.1. The van der Waals surface area contributed by atoms with E-state index in [1.54, 1.807) is 35.2 Å². The van der Waals surface area contributed by atoms with Crippen LogP contribution in [0.5, 0.6) is 0 Å². The van der Waals surface area contributed by atoms with Crippen molar-refractivity contribution in [3.63, 3.8) is 0 Å². The maximum Gasteiger partial charge on any atom is 0.297 e. The van der Waals surface area contributed by atoms with Crippen LogP contribution in [0.3, 0.4) is 0 Å². The van der Waals surface area contributed by atoms with Crippen molar-refractivity contribution in [2.24, 2.45) is 0 Å². The molecule has 2 amide bonds. The number of aryl methyl sites for hydroxylation is 1. The first kappa shape index (κ1) is 29.6. The molecule has 0 N–H and O–H groups in total. The number of thioether (sulfide) groups is 1. The number of anilines is 2. The molecule has 1 unspecified atom stereocenters. The Bertz CT molecular complexity index is 2330. The molecule has 1 atom stereocenters. The van der Waals surface area contributed by atoms with Gasteiger partial charge in [0.15, 0.2) is 15.3 Å². The number of nitrogens with zero attached hydrogens (tertiary/aromatic N) is 4. The number of aromatic nitrogens is 2. The highest BCUT2D eigenvalue weighted by molar-refractivity contribution is 8.00. The zero-order chi connectivity index (χ0) is 32.4. The van der Waals surface area contributed by atoms with Gasteiger partial charge in [0, 0.05) is 16.3 Å². The summed E-state index contributed by atoms with van der Waals surface area (Å²) in [6.45, 7) is 2.18. The van der Waals surface area contributed by atoms with Gasteiger partial charge in [-0.25, -0.2) is 4.39 Å². The van der Waals surface area contributed by atoms with E-state index in [0.717, 1.165) is 28.0 Å². The predicted octanol–water partition coefficient (Wildman–Crippen LogP) is 7.49. The predicted molar refractivity (Wildman–Crippen MR) is 180 cm³/mol. The zero-order valence-corrected chi connectivity index (χ0v) is 27.0. The van der Waals surface area contributed by atoms with E-state index in [0.29, 0.717) is 26.4 Å². The number of carbonyl (C=O) groups is 2. The third-order valence-electron chi connectivity index (χ3n) is 8.37. The SMILES string of the molecule is Cc1cccc(CN2C(=O)C3(c4ccccc42)c2c(oc4ccc(Cl)cc4c2=O)C(=O)N3c2nnc(SCc3ccc(F)cc3)s2)c1. The van der Waals surface area contributed by atoms with E-state index in [9.17, 15) is 14.0 Å². The fourth-order valence-corrected chi connectivity index (χ4v) is 8.38. The van der Waals surface area contributed by atoms with Crippen molar-refractivity contribution in [1.29, 1.82) is 0 Å². The van der Waals surface area contributed by atoms with Crippen molar-refractivity contribution in [1.82, 2.24) is 10.2 Å². The highest BCUT2D eigenvalue weighted by atomic mass is 35.5. The lowest BCUT2D eigenvalue weighted by atomic mass is 9.84. The topological polar surface area (TPSA) is 96.6 Å². The molecule has 232 valence electrons. The second-order valence-corrected chi connectivity index (χ2v) is 13.9. The Hall–Kier alpha value is -4.84. The standard InChI is InChI=1S/C35H22ClFN4O4S2/c1-19-5-4-6-21(15-19)17-40-26-8-3-2-7-25(26)35(32(40)44)28-29(42)24-16-22(36)11-14-27(24)45-30(28)31(43)41(35)33-38-39-34(47-33)46-18-20-9-12-23(37)13-10-20/h2-16H,17-18H2,1H3. The number of carbonyl (C=O) groups excluding carboxylic acids is 2. The summed E-state index contributed by atoms with van der Waals surface area (Å²) in [5.41, 5.74) is 1.44. The molecule has 2 aromatic heterocycles. The Labute approximate surface area is 280 Å². The third-order valence-corrected chi connectivity index (χ3v) is 10.7. The fourth-order valence-electron chi connectivity index (χ4n) is 6.36. The van der Waals surface area contributed by atoms with Gasteiger partial charge in [0.2, 0.25) is 10.9 Å². The number of benzene rings is 4. The minimum absolute atomic E-state index is 0.0859. The monoisotopic (exact) mass is 680 g/mol. The van der Waals surface area contributed by atoms with Gasteiger partial charge in [-0.05, 0) is 54.4 Å². The Balaban J connectivity index is 1.32. The molecule has 12 heteroatoms. The molecule has 47 heavy (non-hydrogen) atoms. The molecule has 6 aromatic rings. The normalized spacial score (nSPS) is 16.8. The summed E-state index contributed by atoms with van der Waals surface area (Å²) in [6.07, 6.45) is 0. The van der Waals surface area contributed by atoms with Gasteiger partial charge in [0.05, 0.1) is 23.2 Å². The number of hydrogen-bond donors (Lipinski definition) is 0. The minimum Gasteiger partial charge on any atom is -0.450 e. The van der Waals surface area contributed by atoms with Gasteiger partial charge in [0.25, 0.3) is 11.8 Å². The summed E-state index contributed by atoms with van der Waals surface area (Å²) in [5.74, 6) is -1.25. The first-order valence-electron chi connectivity index (χ1n) is 14.5. The van der Waals surface area contributed by atoms with Gasteiger partial charge in [-0.2, -0.15) is 0 Å². The highest BCUT2D eigenvalue weighted by Crippen LogP contribution is 2.55. The Kier molecular flexibility index (Phi) is 7.01. The second-order valence-electron chi connectivity index (χ2n) is 11.3. The van der Waals surface area contributed by atoms with Gasteiger partial charge in [-0.1, -0.05) is 94.9 Å². The van der Waals surface area contributed by atoms with Gasteiger partial charge in [0.1, 0.15) is 11.4 Å². The molecule has 2 aliphatic rings. The summed E-state index contributed by atoms with van der Waals surface area (Å²) in [4.78, 5) is 47.0. The largest absolute Gasteiger partial charge is 0.450 e. The Morgan fingerprint density at radius 1 is 0.936 bits per heavy atom. The molecule has 1 spiro atoms. The molecule has 0 bridgehead atoms. The lowest BCUT2D eigenvalue weighted by Crippen LogP contribution is -2.53. The van der Waals surface area contributed by atoms with Crippen LogP contribution in [0.1, 0.15) is 38.4 Å². The number of hydrogen-bond acceptors (Lipinski definition) is 8. The first-order chi connectivity index (χ1) is 22.8.